The zero-order valence-electron chi connectivity index (χ0n) is 8.62. The predicted molar refractivity (Wildman–Crippen MR) is 76.3 cm³/mol. The number of benzene rings is 1. The average molecular weight is 426 g/mol. The van der Waals surface area contributed by atoms with Crippen LogP contribution in [0, 0.1) is 3.57 Å². The third kappa shape index (κ3) is 2.53. The van der Waals surface area contributed by atoms with Crippen LogP contribution >= 0.6 is 50.1 Å². The summed E-state index contributed by atoms with van der Waals surface area (Å²) in [5.74, 6) is -0.164. The normalized spacial score (nSPS) is 10.6. The van der Waals surface area contributed by atoms with Crippen LogP contribution < -0.4 is 0 Å². The molecule has 0 atom stereocenters. The summed E-state index contributed by atoms with van der Waals surface area (Å²) < 4.78 is 2.76. The molecular formula is C10H6BrClIN3O. The third-order valence-electron chi connectivity index (χ3n) is 2.18. The highest BCUT2D eigenvalue weighted by Crippen LogP contribution is 2.22. The lowest BCUT2D eigenvalue weighted by atomic mass is 10.1. The highest BCUT2D eigenvalue weighted by atomic mass is 127. The van der Waals surface area contributed by atoms with E-state index in [9.17, 15) is 4.79 Å². The fraction of sp³-hybridized carbons (Fsp3) is 0.100. The van der Waals surface area contributed by atoms with Gasteiger partial charge in [-0.1, -0.05) is 16.8 Å². The summed E-state index contributed by atoms with van der Waals surface area (Å²) in [6.45, 7) is 0. The summed E-state index contributed by atoms with van der Waals surface area (Å²) in [4.78, 5) is 12.2. The van der Waals surface area contributed by atoms with Gasteiger partial charge in [0.25, 0.3) is 0 Å². The van der Waals surface area contributed by atoms with Crippen molar-refractivity contribution in [1.82, 2.24) is 15.0 Å². The van der Waals surface area contributed by atoms with Gasteiger partial charge in [-0.25, -0.2) is 4.68 Å². The number of ketones is 1. The second kappa shape index (κ2) is 5.03. The van der Waals surface area contributed by atoms with Crippen molar-refractivity contribution in [2.24, 2.45) is 7.05 Å². The number of carbonyl (C=O) groups is 1. The topological polar surface area (TPSA) is 47.8 Å². The number of hydrogen-bond donors (Lipinski definition) is 0. The SMILES string of the molecule is Cn1nnc(Br)c1C(=O)c1ccc(I)c(Cl)c1. The van der Waals surface area contributed by atoms with Gasteiger partial charge in [0.05, 0.1) is 5.02 Å². The maximum atomic E-state index is 12.2. The van der Waals surface area contributed by atoms with Crippen LogP contribution in [0.2, 0.25) is 5.02 Å². The summed E-state index contributed by atoms with van der Waals surface area (Å²) in [5, 5.41) is 8.10. The van der Waals surface area contributed by atoms with Gasteiger partial charge in [-0.3, -0.25) is 4.79 Å². The lowest BCUT2D eigenvalue weighted by molar-refractivity contribution is 0.102. The van der Waals surface area contributed by atoms with E-state index in [1.807, 2.05) is 0 Å². The maximum absolute atomic E-state index is 12.2. The third-order valence-corrected chi connectivity index (χ3v) is 4.29. The maximum Gasteiger partial charge on any atom is 0.213 e. The molecule has 88 valence electrons. The molecule has 0 aliphatic heterocycles. The van der Waals surface area contributed by atoms with Crippen LogP contribution in [0.25, 0.3) is 0 Å². The van der Waals surface area contributed by atoms with Crippen LogP contribution in [-0.4, -0.2) is 20.8 Å². The fourth-order valence-electron chi connectivity index (χ4n) is 1.35. The van der Waals surface area contributed by atoms with Gasteiger partial charge in [0.2, 0.25) is 5.78 Å². The van der Waals surface area contributed by atoms with E-state index in [1.165, 1.54) is 4.68 Å². The Hall–Kier alpha value is -0.470. The zero-order valence-corrected chi connectivity index (χ0v) is 13.1. The molecule has 2 rings (SSSR count). The second-order valence-electron chi connectivity index (χ2n) is 3.31. The summed E-state index contributed by atoms with van der Waals surface area (Å²) in [6.07, 6.45) is 0. The molecule has 2 aromatic rings. The average Bonchev–Trinajstić information content (AvgIpc) is 2.62. The molecule has 0 aliphatic rings. The van der Waals surface area contributed by atoms with Crippen molar-refractivity contribution in [3.63, 3.8) is 0 Å². The number of halogens is 3. The molecule has 0 amide bonds. The van der Waals surface area contributed by atoms with Crippen molar-refractivity contribution in [3.8, 4) is 0 Å². The van der Waals surface area contributed by atoms with E-state index >= 15 is 0 Å². The molecule has 0 aliphatic carbocycles. The van der Waals surface area contributed by atoms with Crippen molar-refractivity contribution in [2.45, 2.75) is 0 Å². The number of hydrogen-bond acceptors (Lipinski definition) is 3. The molecular weight excluding hydrogens is 420 g/mol. The highest BCUT2D eigenvalue weighted by Gasteiger charge is 2.19. The Kier molecular flexibility index (Phi) is 3.84. The van der Waals surface area contributed by atoms with E-state index in [1.54, 1.807) is 25.2 Å². The smallest absolute Gasteiger partial charge is 0.213 e. The molecule has 0 unspecified atom stereocenters. The van der Waals surface area contributed by atoms with Crippen LogP contribution in [0.5, 0.6) is 0 Å². The molecule has 0 radical (unpaired) electrons. The minimum Gasteiger partial charge on any atom is -0.287 e. The second-order valence-corrected chi connectivity index (χ2v) is 5.63. The first-order valence-electron chi connectivity index (χ1n) is 4.55. The monoisotopic (exact) mass is 425 g/mol. The van der Waals surface area contributed by atoms with Gasteiger partial charge in [-0.15, -0.1) is 5.10 Å². The van der Waals surface area contributed by atoms with Crippen molar-refractivity contribution < 1.29 is 4.79 Å². The summed E-state index contributed by atoms with van der Waals surface area (Å²) >= 11 is 11.3. The van der Waals surface area contributed by atoms with Gasteiger partial charge < -0.3 is 0 Å². The molecule has 0 saturated carbocycles. The number of aryl methyl sites for hydroxylation is 1. The fourth-order valence-corrected chi connectivity index (χ4v) is 2.37. The number of aromatic nitrogens is 3. The Morgan fingerprint density at radius 3 is 2.76 bits per heavy atom. The first kappa shape index (κ1) is 13.0. The summed E-state index contributed by atoms with van der Waals surface area (Å²) in [7, 11) is 1.67. The van der Waals surface area contributed by atoms with Crippen LogP contribution in [0.4, 0.5) is 0 Å². The minimum atomic E-state index is -0.164. The molecule has 0 N–H and O–H groups in total. The van der Waals surface area contributed by atoms with Gasteiger partial charge in [0.1, 0.15) is 5.69 Å². The van der Waals surface area contributed by atoms with Crippen LogP contribution in [0.1, 0.15) is 16.1 Å². The molecule has 0 fully saturated rings. The Balaban J connectivity index is 2.48. The first-order valence-corrected chi connectivity index (χ1v) is 6.80. The van der Waals surface area contributed by atoms with E-state index < -0.39 is 0 Å². The quantitative estimate of drug-likeness (QED) is 0.548. The lowest BCUT2D eigenvalue weighted by Gasteiger charge is -2.03. The Bertz CT molecular complexity index is 580. The largest absolute Gasteiger partial charge is 0.287 e. The summed E-state index contributed by atoms with van der Waals surface area (Å²) in [5.41, 5.74) is 0.920. The van der Waals surface area contributed by atoms with E-state index in [0.717, 1.165) is 3.57 Å². The molecule has 1 heterocycles. The van der Waals surface area contributed by atoms with E-state index in [0.29, 0.717) is 20.9 Å². The minimum absolute atomic E-state index is 0.164. The number of nitrogens with zero attached hydrogens (tertiary/aromatic N) is 3. The van der Waals surface area contributed by atoms with E-state index in [2.05, 4.69) is 48.8 Å². The zero-order chi connectivity index (χ0) is 12.6. The van der Waals surface area contributed by atoms with Gasteiger partial charge in [0, 0.05) is 16.2 Å². The van der Waals surface area contributed by atoms with E-state index in [4.69, 9.17) is 11.6 Å². The molecule has 0 bridgehead atoms. The van der Waals surface area contributed by atoms with Gasteiger partial charge in [-0.2, -0.15) is 0 Å². The van der Waals surface area contributed by atoms with Crippen molar-refractivity contribution in [2.75, 3.05) is 0 Å². The van der Waals surface area contributed by atoms with E-state index in [-0.39, 0.29) is 5.78 Å². The van der Waals surface area contributed by atoms with Crippen LogP contribution in [0.15, 0.2) is 22.8 Å². The number of rotatable bonds is 2. The van der Waals surface area contributed by atoms with Crippen molar-refractivity contribution in [3.05, 3.63) is 42.7 Å². The van der Waals surface area contributed by atoms with Crippen LogP contribution in [0.3, 0.4) is 0 Å². The Labute approximate surface area is 125 Å². The first-order chi connectivity index (χ1) is 8.00. The van der Waals surface area contributed by atoms with Crippen LogP contribution in [-0.2, 0) is 7.05 Å². The molecule has 4 nitrogen and oxygen atoms in total. The predicted octanol–water partition coefficient (Wildman–Crippen LogP) is 3.07. The standard InChI is InChI=1S/C10H6BrClIN3O/c1-16-8(10(11)14-15-16)9(17)5-2-3-7(13)6(12)4-5/h2-4H,1H3. The Morgan fingerprint density at radius 2 is 2.24 bits per heavy atom. The molecule has 7 heteroatoms. The van der Waals surface area contributed by atoms with Crippen molar-refractivity contribution >= 4 is 55.9 Å². The Morgan fingerprint density at radius 1 is 1.53 bits per heavy atom. The van der Waals surface area contributed by atoms with Crippen molar-refractivity contribution in [1.29, 1.82) is 0 Å². The summed E-state index contributed by atoms with van der Waals surface area (Å²) in [6, 6.07) is 5.17. The molecule has 17 heavy (non-hydrogen) atoms. The lowest BCUT2D eigenvalue weighted by Crippen LogP contribution is -2.09. The van der Waals surface area contributed by atoms with Gasteiger partial charge in [0.15, 0.2) is 4.60 Å². The molecule has 1 aromatic heterocycles. The highest BCUT2D eigenvalue weighted by molar-refractivity contribution is 14.1. The molecule has 0 spiro atoms. The number of carbonyl (C=O) groups excluding carboxylic acids is 1. The van der Waals surface area contributed by atoms with Gasteiger partial charge in [-0.05, 0) is 56.7 Å². The molecule has 0 saturated heterocycles. The van der Waals surface area contributed by atoms with Gasteiger partial charge >= 0.3 is 0 Å². The molecule has 1 aromatic carbocycles.